The number of nitrogens with one attached hydrogen (secondary N) is 1. The highest BCUT2D eigenvalue weighted by molar-refractivity contribution is 6.02. The van der Waals surface area contributed by atoms with Crippen molar-refractivity contribution in [3.05, 3.63) is 83.7 Å². The Bertz CT molecular complexity index is 1350. The van der Waals surface area contributed by atoms with Gasteiger partial charge in [0.2, 0.25) is 0 Å². The van der Waals surface area contributed by atoms with E-state index < -0.39 is 29.2 Å². The third-order valence-corrected chi connectivity index (χ3v) is 6.44. The van der Waals surface area contributed by atoms with Gasteiger partial charge in [0.1, 0.15) is 5.82 Å². The fourth-order valence-electron chi connectivity index (χ4n) is 4.43. The van der Waals surface area contributed by atoms with Gasteiger partial charge in [-0.25, -0.2) is 9.18 Å². The zero-order valence-corrected chi connectivity index (χ0v) is 20.6. The Morgan fingerprint density at radius 2 is 1.87 bits per heavy atom. The summed E-state index contributed by atoms with van der Waals surface area (Å²) in [5, 5.41) is 21.9. The number of carbonyl (C=O) groups excluding carboxylic acids is 1. The summed E-state index contributed by atoms with van der Waals surface area (Å²) < 4.78 is 53.2. The summed E-state index contributed by atoms with van der Waals surface area (Å²) in [7, 11) is 0. The van der Waals surface area contributed by atoms with Crippen molar-refractivity contribution in [1.82, 2.24) is 4.90 Å². The third kappa shape index (κ3) is 6.49. The van der Waals surface area contributed by atoms with Crippen LogP contribution in [0.4, 0.5) is 33.7 Å². The van der Waals surface area contributed by atoms with E-state index in [0.29, 0.717) is 49.4 Å². The zero-order valence-electron chi connectivity index (χ0n) is 20.6. The van der Waals surface area contributed by atoms with Gasteiger partial charge in [-0.3, -0.25) is 9.80 Å². The lowest BCUT2D eigenvalue weighted by Crippen LogP contribution is -2.41. The SMILES string of the molecule is CC1(O)CCN(CCN(C(=O)Nc2ccc(F)c(C(F)(F)F)c2)c2ccc(-c3cccc(C#N)c3)cc2)C1. The van der Waals surface area contributed by atoms with Crippen LogP contribution in [0.15, 0.2) is 66.7 Å². The van der Waals surface area contributed by atoms with Gasteiger partial charge < -0.3 is 10.4 Å². The lowest BCUT2D eigenvalue weighted by molar-refractivity contribution is -0.139. The van der Waals surface area contributed by atoms with Crippen LogP contribution in [0.25, 0.3) is 11.1 Å². The van der Waals surface area contributed by atoms with Gasteiger partial charge in [-0.05, 0) is 66.9 Å². The maximum Gasteiger partial charge on any atom is 0.419 e. The second-order valence-electron chi connectivity index (χ2n) is 9.54. The first-order chi connectivity index (χ1) is 17.9. The van der Waals surface area contributed by atoms with E-state index in [0.717, 1.165) is 17.2 Å². The van der Waals surface area contributed by atoms with Gasteiger partial charge in [0.05, 0.1) is 22.8 Å². The molecule has 1 aliphatic heterocycles. The summed E-state index contributed by atoms with van der Waals surface area (Å²) in [4.78, 5) is 16.7. The molecule has 2 amide bonds. The van der Waals surface area contributed by atoms with E-state index in [1.807, 2.05) is 11.0 Å². The van der Waals surface area contributed by atoms with Crippen molar-refractivity contribution >= 4 is 17.4 Å². The predicted octanol–water partition coefficient (Wildman–Crippen LogP) is 5.88. The molecular weight excluding hydrogens is 500 g/mol. The molecule has 1 aliphatic rings. The number of benzene rings is 3. The molecule has 198 valence electrons. The smallest absolute Gasteiger partial charge is 0.389 e. The normalized spacial score (nSPS) is 17.7. The lowest BCUT2D eigenvalue weighted by atomic mass is 10.0. The standard InChI is InChI=1S/C28H26F4N4O2/c1-27(38)11-12-35(18-27)13-14-36(26(37)34-22-7-10-25(29)24(16-22)28(30,31)32)23-8-5-20(6-9-23)21-4-2-3-19(15-21)17-33/h2-10,15-16,38H,11-14,18H2,1H3,(H,34,37). The number of nitrogens with zero attached hydrogens (tertiary/aromatic N) is 3. The van der Waals surface area contributed by atoms with Crippen LogP contribution >= 0.6 is 0 Å². The van der Waals surface area contributed by atoms with Gasteiger partial charge in [0.15, 0.2) is 0 Å². The molecule has 0 radical (unpaired) electrons. The highest BCUT2D eigenvalue weighted by Gasteiger charge is 2.35. The molecule has 1 unspecified atom stereocenters. The van der Waals surface area contributed by atoms with Gasteiger partial charge in [-0.15, -0.1) is 0 Å². The number of nitriles is 1. The number of likely N-dealkylation sites (tertiary alicyclic amines) is 1. The summed E-state index contributed by atoms with van der Waals surface area (Å²) >= 11 is 0. The molecule has 1 saturated heterocycles. The summed E-state index contributed by atoms with van der Waals surface area (Å²) in [5.74, 6) is -1.43. The highest BCUT2D eigenvalue weighted by Crippen LogP contribution is 2.33. The van der Waals surface area contributed by atoms with Gasteiger partial charge in [-0.1, -0.05) is 24.3 Å². The predicted molar refractivity (Wildman–Crippen MR) is 136 cm³/mol. The molecule has 4 rings (SSSR count). The molecule has 0 aromatic heterocycles. The molecule has 38 heavy (non-hydrogen) atoms. The van der Waals surface area contributed by atoms with Crippen molar-refractivity contribution in [2.75, 3.05) is 36.4 Å². The maximum absolute atomic E-state index is 13.7. The number of urea groups is 1. The van der Waals surface area contributed by atoms with Gasteiger partial charge in [0.25, 0.3) is 0 Å². The van der Waals surface area contributed by atoms with E-state index in [1.165, 1.54) is 4.90 Å². The van der Waals surface area contributed by atoms with Crippen LogP contribution in [-0.4, -0.2) is 47.8 Å². The van der Waals surface area contributed by atoms with Crippen molar-refractivity contribution in [2.24, 2.45) is 0 Å². The molecule has 0 bridgehead atoms. The molecule has 10 heteroatoms. The van der Waals surface area contributed by atoms with Crippen LogP contribution in [-0.2, 0) is 6.18 Å². The fraction of sp³-hybridized carbons (Fsp3) is 0.286. The molecule has 6 nitrogen and oxygen atoms in total. The number of β-amino-alcohol motifs (C(OH)–C–C–N with tert-alkyl or cyclic N) is 1. The summed E-state index contributed by atoms with van der Waals surface area (Å²) in [6, 6.07) is 17.8. The number of aliphatic hydroxyl groups is 1. The number of hydrogen-bond acceptors (Lipinski definition) is 4. The molecular formula is C28H26F4N4O2. The van der Waals surface area contributed by atoms with Gasteiger partial charge in [-0.2, -0.15) is 18.4 Å². The number of rotatable bonds is 6. The fourth-order valence-corrected chi connectivity index (χ4v) is 4.43. The topological polar surface area (TPSA) is 79.6 Å². The summed E-state index contributed by atoms with van der Waals surface area (Å²) in [6.07, 6.45) is -4.32. The van der Waals surface area contributed by atoms with E-state index in [-0.39, 0.29) is 12.2 Å². The van der Waals surface area contributed by atoms with Gasteiger partial charge >= 0.3 is 12.2 Å². The van der Waals surface area contributed by atoms with Crippen molar-refractivity contribution < 1.29 is 27.5 Å². The average Bonchev–Trinajstić information content (AvgIpc) is 3.23. The molecule has 0 aliphatic carbocycles. The molecule has 1 heterocycles. The first kappa shape index (κ1) is 27.1. The van der Waals surface area contributed by atoms with E-state index >= 15 is 0 Å². The molecule has 1 atom stereocenters. The summed E-state index contributed by atoms with van der Waals surface area (Å²) in [5.41, 5.74) is 0.146. The van der Waals surface area contributed by atoms with E-state index in [1.54, 1.807) is 49.4 Å². The number of anilines is 2. The van der Waals surface area contributed by atoms with Crippen LogP contribution < -0.4 is 10.2 Å². The highest BCUT2D eigenvalue weighted by atomic mass is 19.4. The van der Waals surface area contributed by atoms with Crippen molar-refractivity contribution in [3.63, 3.8) is 0 Å². The average molecular weight is 527 g/mol. The Kier molecular flexibility index (Phi) is 7.71. The quantitative estimate of drug-likeness (QED) is 0.394. The first-order valence-corrected chi connectivity index (χ1v) is 12.0. The van der Waals surface area contributed by atoms with Crippen molar-refractivity contribution in [3.8, 4) is 17.2 Å². The monoisotopic (exact) mass is 526 g/mol. The third-order valence-electron chi connectivity index (χ3n) is 6.44. The summed E-state index contributed by atoms with van der Waals surface area (Å²) in [6.45, 7) is 3.43. The Hall–Kier alpha value is -3.94. The van der Waals surface area contributed by atoms with E-state index in [4.69, 9.17) is 5.26 Å². The van der Waals surface area contributed by atoms with Crippen molar-refractivity contribution in [2.45, 2.75) is 25.1 Å². The van der Waals surface area contributed by atoms with Crippen LogP contribution in [0, 0.1) is 17.1 Å². The zero-order chi connectivity index (χ0) is 27.5. The molecule has 0 spiro atoms. The molecule has 3 aromatic rings. The molecule has 2 N–H and O–H groups in total. The first-order valence-electron chi connectivity index (χ1n) is 12.0. The minimum Gasteiger partial charge on any atom is -0.389 e. The largest absolute Gasteiger partial charge is 0.419 e. The maximum atomic E-state index is 13.7. The molecule has 1 fully saturated rings. The minimum absolute atomic E-state index is 0.192. The Labute approximate surface area is 217 Å². The Morgan fingerprint density at radius 1 is 1.13 bits per heavy atom. The number of amides is 2. The van der Waals surface area contributed by atoms with E-state index in [9.17, 15) is 27.5 Å². The number of carbonyl (C=O) groups is 1. The Morgan fingerprint density at radius 3 is 2.50 bits per heavy atom. The van der Waals surface area contributed by atoms with Crippen LogP contribution in [0.2, 0.25) is 0 Å². The van der Waals surface area contributed by atoms with Crippen molar-refractivity contribution in [1.29, 1.82) is 5.26 Å². The van der Waals surface area contributed by atoms with Gasteiger partial charge in [0, 0.05) is 37.6 Å². The molecule has 0 saturated carbocycles. The van der Waals surface area contributed by atoms with Crippen LogP contribution in [0.1, 0.15) is 24.5 Å². The van der Waals surface area contributed by atoms with E-state index in [2.05, 4.69) is 11.4 Å². The van der Waals surface area contributed by atoms with Crippen LogP contribution in [0.5, 0.6) is 0 Å². The second-order valence-corrected chi connectivity index (χ2v) is 9.54. The number of alkyl halides is 3. The second kappa shape index (κ2) is 10.8. The minimum atomic E-state index is -4.91. The lowest BCUT2D eigenvalue weighted by Gasteiger charge is -2.27. The number of hydrogen-bond donors (Lipinski definition) is 2. The van der Waals surface area contributed by atoms with Crippen LogP contribution in [0.3, 0.4) is 0 Å². The number of halogens is 4. The molecule has 3 aromatic carbocycles. The Balaban J connectivity index is 1.58.